The van der Waals surface area contributed by atoms with E-state index >= 15 is 0 Å². The second-order valence-corrected chi connectivity index (χ2v) is 9.92. The molecule has 4 rings (SSSR count). The Morgan fingerprint density at radius 2 is 1.75 bits per heavy atom. The van der Waals surface area contributed by atoms with Crippen LogP contribution in [0.2, 0.25) is 0 Å². The number of nitrogens with one attached hydrogen (secondary N) is 2. The molecule has 2 aromatic carbocycles. The number of aromatic nitrogens is 1. The Labute approximate surface area is 250 Å². The van der Waals surface area contributed by atoms with Crippen molar-refractivity contribution in [3.05, 3.63) is 65.9 Å². The van der Waals surface area contributed by atoms with Crippen LogP contribution in [0.15, 0.2) is 54.7 Å². The van der Waals surface area contributed by atoms with Gasteiger partial charge in [0.15, 0.2) is 0 Å². The largest absolute Gasteiger partial charge is 0.497 e. The van der Waals surface area contributed by atoms with Crippen LogP contribution in [0.4, 0.5) is 19.0 Å². The topological polar surface area (TPSA) is 184 Å². The van der Waals surface area contributed by atoms with Gasteiger partial charge in [0, 0.05) is 18.1 Å². The standard InChI is InChI=1S/C27H31N5O5.C2HF3O2/c1-37-20-7-4-17(5-8-20)14-22(30-15-24(33)34)26(35)31-27(36)23-3-2-12-32(23)16-18-6-9-21-19(13-18)10-11-29-25(21)28;3-2(4,5)1(6)7/h4-11,13,22-23,30H,2-3,12,14-16H2,1H3,(H2,28,29)(H,33,34)(H,31,35,36);(H,6,7)/t22-,23+;/m1./s1. The Hall–Kier alpha value is -4.76. The number of aliphatic carboxylic acids is 2. The minimum Gasteiger partial charge on any atom is -0.497 e. The highest BCUT2D eigenvalue weighted by Gasteiger charge is 2.38. The number of carbonyl (C=O) groups excluding carboxylic acids is 2. The molecule has 15 heteroatoms. The van der Waals surface area contributed by atoms with E-state index in [2.05, 4.69) is 20.5 Å². The average Bonchev–Trinajstić information content (AvgIpc) is 3.43. The quantitative estimate of drug-likeness (QED) is 0.224. The number of fused-ring (bicyclic) bond motifs is 1. The predicted octanol–water partition coefficient (Wildman–Crippen LogP) is 2.35. The number of pyridine rings is 1. The Morgan fingerprint density at radius 1 is 1.09 bits per heavy atom. The molecule has 2 heterocycles. The summed E-state index contributed by atoms with van der Waals surface area (Å²) in [7, 11) is 1.56. The number of rotatable bonds is 10. The van der Waals surface area contributed by atoms with Crippen molar-refractivity contribution in [3.8, 4) is 5.75 Å². The maximum absolute atomic E-state index is 13.1. The first-order chi connectivity index (χ1) is 20.8. The lowest BCUT2D eigenvalue weighted by molar-refractivity contribution is -0.192. The molecule has 3 aromatic rings. The van der Waals surface area contributed by atoms with Crippen LogP contribution in [0, 0.1) is 0 Å². The third-order valence-corrected chi connectivity index (χ3v) is 6.82. The minimum atomic E-state index is -5.08. The van der Waals surface area contributed by atoms with E-state index < -0.39 is 42.7 Å². The zero-order chi connectivity index (χ0) is 32.4. The number of likely N-dealkylation sites (tertiary alicyclic amines) is 1. The van der Waals surface area contributed by atoms with Crippen molar-refractivity contribution in [1.82, 2.24) is 20.5 Å². The highest BCUT2D eigenvalue weighted by atomic mass is 19.4. The highest BCUT2D eigenvalue weighted by Crippen LogP contribution is 2.24. The molecule has 1 aliphatic rings. The van der Waals surface area contributed by atoms with E-state index in [1.165, 1.54) is 0 Å². The number of nitrogens with zero attached hydrogens (tertiary/aromatic N) is 2. The van der Waals surface area contributed by atoms with Gasteiger partial charge < -0.3 is 20.7 Å². The Bertz CT molecular complexity index is 1480. The van der Waals surface area contributed by atoms with E-state index in [-0.39, 0.29) is 12.3 Å². The van der Waals surface area contributed by atoms with Crippen molar-refractivity contribution in [2.75, 3.05) is 25.9 Å². The number of halogens is 3. The number of anilines is 1. The number of amides is 2. The summed E-state index contributed by atoms with van der Waals surface area (Å²) in [5, 5.41) is 23.3. The van der Waals surface area contributed by atoms with Crippen molar-refractivity contribution in [2.24, 2.45) is 0 Å². The minimum absolute atomic E-state index is 0.222. The number of nitrogens with two attached hydrogens (primary N) is 1. The fourth-order valence-corrected chi connectivity index (χ4v) is 4.65. The molecule has 236 valence electrons. The smallest absolute Gasteiger partial charge is 0.490 e. The number of alkyl halides is 3. The second kappa shape index (κ2) is 15.1. The maximum Gasteiger partial charge on any atom is 0.490 e. The number of hydrogen-bond acceptors (Lipinski definition) is 9. The van der Waals surface area contributed by atoms with Crippen LogP contribution in [-0.2, 0) is 32.1 Å². The Balaban J connectivity index is 0.000000676. The molecule has 1 aromatic heterocycles. The zero-order valence-corrected chi connectivity index (χ0v) is 23.6. The normalized spacial score (nSPS) is 15.6. The van der Waals surface area contributed by atoms with Gasteiger partial charge in [0.25, 0.3) is 0 Å². The van der Waals surface area contributed by atoms with E-state index in [4.69, 9.17) is 25.5 Å². The van der Waals surface area contributed by atoms with Crippen LogP contribution in [0.25, 0.3) is 10.8 Å². The summed E-state index contributed by atoms with van der Waals surface area (Å²) in [6, 6.07) is 13.6. The lowest BCUT2D eigenvalue weighted by Gasteiger charge is -2.25. The maximum atomic E-state index is 13.1. The number of benzene rings is 2. The molecule has 0 spiro atoms. The van der Waals surface area contributed by atoms with Gasteiger partial charge in [-0.3, -0.25) is 29.9 Å². The lowest BCUT2D eigenvalue weighted by atomic mass is 10.0. The van der Waals surface area contributed by atoms with Gasteiger partial charge >= 0.3 is 18.1 Å². The molecule has 2 amide bonds. The predicted molar refractivity (Wildman–Crippen MR) is 153 cm³/mol. The fraction of sp³-hybridized carbons (Fsp3) is 0.345. The number of ether oxygens (including phenoxy) is 1. The van der Waals surface area contributed by atoms with E-state index in [0.29, 0.717) is 24.5 Å². The zero-order valence-electron chi connectivity index (χ0n) is 23.6. The van der Waals surface area contributed by atoms with Gasteiger partial charge in [-0.25, -0.2) is 9.78 Å². The number of hydrogen-bond donors (Lipinski definition) is 5. The summed E-state index contributed by atoms with van der Waals surface area (Å²) in [5.41, 5.74) is 7.79. The molecular formula is C29H32F3N5O7. The van der Waals surface area contributed by atoms with Crippen LogP contribution in [0.3, 0.4) is 0 Å². The molecule has 6 N–H and O–H groups in total. The summed E-state index contributed by atoms with van der Waals surface area (Å²) < 4.78 is 36.9. The van der Waals surface area contributed by atoms with Crippen molar-refractivity contribution in [2.45, 2.75) is 44.1 Å². The van der Waals surface area contributed by atoms with E-state index in [1.807, 2.05) is 24.3 Å². The number of carbonyl (C=O) groups is 4. The molecule has 0 bridgehead atoms. The fourth-order valence-electron chi connectivity index (χ4n) is 4.65. The molecule has 0 radical (unpaired) electrons. The molecule has 2 atom stereocenters. The molecule has 1 fully saturated rings. The van der Waals surface area contributed by atoms with Gasteiger partial charge in [-0.2, -0.15) is 13.2 Å². The summed E-state index contributed by atoms with van der Waals surface area (Å²) >= 11 is 0. The third-order valence-electron chi connectivity index (χ3n) is 6.82. The van der Waals surface area contributed by atoms with E-state index in [9.17, 15) is 27.6 Å². The van der Waals surface area contributed by atoms with Gasteiger partial charge in [-0.05, 0) is 66.6 Å². The Kier molecular flexibility index (Phi) is 11.6. The summed E-state index contributed by atoms with van der Waals surface area (Å²) in [6.45, 7) is 0.881. The number of imide groups is 1. The van der Waals surface area contributed by atoms with Crippen molar-refractivity contribution in [3.63, 3.8) is 0 Å². The van der Waals surface area contributed by atoms with Crippen molar-refractivity contribution in [1.29, 1.82) is 0 Å². The third kappa shape index (κ3) is 9.64. The molecule has 0 aliphatic carbocycles. The van der Waals surface area contributed by atoms with Crippen LogP contribution < -0.4 is 21.1 Å². The first kappa shape index (κ1) is 33.7. The molecule has 12 nitrogen and oxygen atoms in total. The van der Waals surface area contributed by atoms with Crippen LogP contribution in [0.1, 0.15) is 24.0 Å². The molecule has 0 unspecified atom stereocenters. The number of methoxy groups -OCH3 is 1. The van der Waals surface area contributed by atoms with Crippen LogP contribution >= 0.6 is 0 Å². The first-order valence-electron chi connectivity index (χ1n) is 13.4. The number of carboxylic acids is 2. The van der Waals surface area contributed by atoms with Gasteiger partial charge in [-0.15, -0.1) is 0 Å². The molecule has 0 saturated carbocycles. The number of carboxylic acid groups (broad SMARTS) is 2. The highest BCUT2D eigenvalue weighted by molar-refractivity contribution is 6.00. The van der Waals surface area contributed by atoms with Crippen molar-refractivity contribution >= 4 is 40.3 Å². The van der Waals surface area contributed by atoms with Gasteiger partial charge in [-0.1, -0.05) is 24.3 Å². The Morgan fingerprint density at radius 3 is 2.36 bits per heavy atom. The summed E-state index contributed by atoms with van der Waals surface area (Å²) in [4.78, 5) is 52.4. The molecule has 44 heavy (non-hydrogen) atoms. The first-order valence-corrected chi connectivity index (χ1v) is 13.4. The van der Waals surface area contributed by atoms with E-state index in [1.54, 1.807) is 37.6 Å². The average molecular weight is 620 g/mol. The molecule has 1 saturated heterocycles. The summed E-state index contributed by atoms with van der Waals surface area (Å²) in [6.07, 6.45) is -1.72. The lowest BCUT2D eigenvalue weighted by Crippen LogP contribution is -2.52. The summed E-state index contributed by atoms with van der Waals surface area (Å²) in [5.74, 6) is -3.63. The van der Waals surface area contributed by atoms with E-state index in [0.717, 1.165) is 34.9 Å². The molecule has 1 aliphatic heterocycles. The van der Waals surface area contributed by atoms with Crippen LogP contribution in [-0.4, -0.2) is 82.3 Å². The molecular weight excluding hydrogens is 587 g/mol. The second-order valence-electron chi connectivity index (χ2n) is 9.92. The monoisotopic (exact) mass is 619 g/mol. The van der Waals surface area contributed by atoms with Gasteiger partial charge in [0.2, 0.25) is 11.8 Å². The SMILES string of the molecule is COc1ccc(C[C@@H](NCC(=O)O)C(=O)NC(=O)[C@@H]2CCCN2Cc2ccc3c(N)nccc3c2)cc1.O=C(O)C(F)(F)F. The van der Waals surface area contributed by atoms with Crippen LogP contribution in [0.5, 0.6) is 5.75 Å². The van der Waals surface area contributed by atoms with Crippen molar-refractivity contribution < 1.29 is 47.3 Å². The van der Waals surface area contributed by atoms with Gasteiger partial charge in [0.1, 0.15) is 11.6 Å². The van der Waals surface area contributed by atoms with Gasteiger partial charge in [0.05, 0.1) is 25.7 Å². The number of nitrogen functional groups attached to an aromatic ring is 1.